The van der Waals surface area contributed by atoms with Gasteiger partial charge in [-0.2, -0.15) is 5.10 Å². The first-order valence-corrected chi connectivity index (χ1v) is 5.56. The second-order valence-corrected chi connectivity index (χ2v) is 3.76. The van der Waals surface area contributed by atoms with Gasteiger partial charge in [-0.05, 0) is 25.1 Å². The monoisotopic (exact) mass is 248 g/mol. The van der Waals surface area contributed by atoms with Crippen molar-refractivity contribution in [1.29, 1.82) is 0 Å². The maximum absolute atomic E-state index is 13.2. The van der Waals surface area contributed by atoms with Crippen LogP contribution in [0.2, 0.25) is 0 Å². The van der Waals surface area contributed by atoms with Gasteiger partial charge in [0.1, 0.15) is 0 Å². The van der Waals surface area contributed by atoms with E-state index in [0.717, 1.165) is 0 Å². The number of carbonyl (C=O) groups excluding carboxylic acids is 1. The van der Waals surface area contributed by atoms with Gasteiger partial charge in [-0.3, -0.25) is 9.48 Å². The molecule has 0 bridgehead atoms. The molecule has 0 aliphatic rings. The molecule has 5 heteroatoms. The van der Waals surface area contributed by atoms with Gasteiger partial charge in [0.2, 0.25) is 0 Å². The Hall–Kier alpha value is -2.17. The molecule has 0 N–H and O–H groups in total. The van der Waals surface area contributed by atoms with E-state index < -0.39 is 5.82 Å². The molecule has 0 saturated carbocycles. The lowest BCUT2D eigenvalue weighted by molar-refractivity contribution is 0.103. The maximum atomic E-state index is 13.2. The Kier molecular flexibility index (Phi) is 3.41. The zero-order valence-corrected chi connectivity index (χ0v) is 10.2. The van der Waals surface area contributed by atoms with Crippen LogP contribution in [0.25, 0.3) is 0 Å². The predicted molar refractivity (Wildman–Crippen MR) is 64.3 cm³/mol. The number of ketones is 1. The van der Waals surface area contributed by atoms with Gasteiger partial charge in [-0.15, -0.1) is 0 Å². The number of ether oxygens (including phenoxy) is 1. The average Bonchev–Trinajstić information content (AvgIpc) is 2.87. The minimum Gasteiger partial charge on any atom is -0.494 e. The van der Waals surface area contributed by atoms with Crippen molar-refractivity contribution in [3.8, 4) is 5.75 Å². The number of hydrogen-bond donors (Lipinski definition) is 0. The summed E-state index contributed by atoms with van der Waals surface area (Å²) < 4.78 is 19.8. The molecule has 2 rings (SSSR count). The van der Waals surface area contributed by atoms with E-state index in [2.05, 4.69) is 5.10 Å². The third kappa shape index (κ3) is 2.25. The van der Waals surface area contributed by atoms with Crippen LogP contribution in [0.3, 0.4) is 0 Å². The Morgan fingerprint density at radius 1 is 1.44 bits per heavy atom. The van der Waals surface area contributed by atoms with E-state index in [1.165, 1.54) is 31.5 Å². The highest BCUT2D eigenvalue weighted by Crippen LogP contribution is 2.20. The first kappa shape index (κ1) is 12.3. The van der Waals surface area contributed by atoms with Gasteiger partial charge < -0.3 is 4.74 Å². The van der Waals surface area contributed by atoms with Crippen molar-refractivity contribution in [2.75, 3.05) is 7.11 Å². The summed E-state index contributed by atoms with van der Waals surface area (Å²) in [5, 5.41) is 4.03. The number of nitrogens with zero attached hydrogens (tertiary/aromatic N) is 2. The highest BCUT2D eigenvalue weighted by Gasteiger charge is 2.13. The second kappa shape index (κ2) is 5.00. The summed E-state index contributed by atoms with van der Waals surface area (Å²) in [7, 11) is 1.36. The Labute approximate surface area is 104 Å². The normalized spacial score (nSPS) is 10.4. The predicted octanol–water partition coefficient (Wildman–Crippen LogP) is 2.28. The average molecular weight is 248 g/mol. The van der Waals surface area contributed by atoms with E-state index >= 15 is 0 Å². The fourth-order valence-electron chi connectivity index (χ4n) is 1.62. The number of rotatable bonds is 4. The molecule has 1 heterocycles. The van der Waals surface area contributed by atoms with Crippen LogP contribution in [-0.2, 0) is 6.54 Å². The summed E-state index contributed by atoms with van der Waals surface area (Å²) in [4.78, 5) is 12.1. The zero-order chi connectivity index (χ0) is 13.1. The molecule has 4 nitrogen and oxygen atoms in total. The quantitative estimate of drug-likeness (QED) is 0.780. The van der Waals surface area contributed by atoms with Crippen LogP contribution in [-0.4, -0.2) is 22.7 Å². The molecule has 0 atom stereocenters. The number of carbonyl (C=O) groups is 1. The molecule has 0 spiro atoms. The molecule has 1 aromatic heterocycles. The van der Waals surface area contributed by atoms with Crippen molar-refractivity contribution in [3.63, 3.8) is 0 Å². The Morgan fingerprint density at radius 2 is 2.22 bits per heavy atom. The van der Waals surface area contributed by atoms with E-state index in [1.54, 1.807) is 10.9 Å². The first-order valence-electron chi connectivity index (χ1n) is 5.56. The molecule has 0 unspecified atom stereocenters. The number of hydrogen-bond acceptors (Lipinski definition) is 3. The summed E-state index contributed by atoms with van der Waals surface area (Å²) in [6, 6.07) is 4.04. The van der Waals surface area contributed by atoms with Gasteiger partial charge >= 0.3 is 0 Å². The fraction of sp³-hybridized carbons (Fsp3) is 0.231. The summed E-state index contributed by atoms with van der Waals surface area (Å²) in [5.74, 6) is -0.630. The van der Waals surface area contributed by atoms with Gasteiger partial charge in [0.25, 0.3) is 0 Å². The molecule has 0 aliphatic carbocycles. The molecule has 0 amide bonds. The molecular weight excluding hydrogens is 235 g/mol. The van der Waals surface area contributed by atoms with Crippen LogP contribution in [0, 0.1) is 5.82 Å². The molecule has 18 heavy (non-hydrogen) atoms. The van der Waals surface area contributed by atoms with Crippen LogP contribution in [0.4, 0.5) is 4.39 Å². The molecule has 94 valence electrons. The van der Waals surface area contributed by atoms with Gasteiger partial charge in [0, 0.05) is 18.3 Å². The van der Waals surface area contributed by atoms with Crippen LogP contribution in [0.15, 0.2) is 30.6 Å². The third-order valence-electron chi connectivity index (χ3n) is 2.63. The summed E-state index contributed by atoms with van der Waals surface area (Å²) in [5.41, 5.74) is 0.856. The smallest absolute Gasteiger partial charge is 0.196 e. The summed E-state index contributed by atoms with van der Waals surface area (Å²) in [6.45, 7) is 2.63. The van der Waals surface area contributed by atoms with Gasteiger partial charge in [-0.25, -0.2) is 4.39 Å². The van der Waals surface area contributed by atoms with Gasteiger partial charge in [0.15, 0.2) is 17.3 Å². The van der Waals surface area contributed by atoms with Crippen LogP contribution in [0.5, 0.6) is 5.75 Å². The highest BCUT2D eigenvalue weighted by molar-refractivity contribution is 6.08. The van der Waals surface area contributed by atoms with Gasteiger partial charge in [-0.1, -0.05) is 0 Å². The van der Waals surface area contributed by atoms with E-state index in [9.17, 15) is 9.18 Å². The molecular formula is C13H13FN2O2. The van der Waals surface area contributed by atoms with Crippen LogP contribution in [0.1, 0.15) is 22.8 Å². The number of benzene rings is 1. The van der Waals surface area contributed by atoms with E-state index in [4.69, 9.17) is 4.74 Å². The molecule has 0 aliphatic heterocycles. The van der Waals surface area contributed by atoms with Crippen molar-refractivity contribution in [2.24, 2.45) is 0 Å². The lowest BCUT2D eigenvalue weighted by Crippen LogP contribution is -2.01. The number of aromatic nitrogens is 2. The SMILES string of the molecule is CCn1cc(C(=O)c2ccc(F)c(OC)c2)cn1. The Bertz CT molecular complexity index is 578. The topological polar surface area (TPSA) is 44.1 Å². The zero-order valence-electron chi connectivity index (χ0n) is 10.2. The van der Waals surface area contributed by atoms with Crippen molar-refractivity contribution >= 4 is 5.78 Å². The third-order valence-corrected chi connectivity index (χ3v) is 2.63. The molecule has 2 aromatic rings. The summed E-state index contributed by atoms with van der Waals surface area (Å²) >= 11 is 0. The number of aryl methyl sites for hydroxylation is 1. The molecule has 0 saturated heterocycles. The van der Waals surface area contributed by atoms with Crippen LogP contribution >= 0.6 is 0 Å². The Balaban J connectivity index is 2.33. The van der Waals surface area contributed by atoms with E-state index in [-0.39, 0.29) is 11.5 Å². The van der Waals surface area contributed by atoms with Crippen molar-refractivity contribution in [1.82, 2.24) is 9.78 Å². The number of halogens is 1. The number of methoxy groups -OCH3 is 1. The van der Waals surface area contributed by atoms with Crippen molar-refractivity contribution in [3.05, 3.63) is 47.5 Å². The minimum absolute atomic E-state index is 0.0590. The molecule has 1 aromatic carbocycles. The standard InChI is InChI=1S/C13H13FN2O2/c1-3-16-8-10(7-15-16)13(17)9-4-5-11(14)12(6-9)18-2/h4-8H,3H2,1-2H3. The maximum Gasteiger partial charge on any atom is 0.196 e. The largest absolute Gasteiger partial charge is 0.494 e. The first-order chi connectivity index (χ1) is 8.65. The minimum atomic E-state index is -0.488. The van der Waals surface area contributed by atoms with E-state index in [0.29, 0.717) is 17.7 Å². The van der Waals surface area contributed by atoms with Gasteiger partial charge in [0.05, 0.1) is 18.9 Å². The van der Waals surface area contributed by atoms with E-state index in [1.807, 2.05) is 6.92 Å². The second-order valence-electron chi connectivity index (χ2n) is 3.76. The Morgan fingerprint density at radius 3 is 2.83 bits per heavy atom. The summed E-state index contributed by atoms with van der Waals surface area (Å²) in [6.07, 6.45) is 3.17. The van der Waals surface area contributed by atoms with Crippen LogP contribution < -0.4 is 4.74 Å². The van der Waals surface area contributed by atoms with Crippen molar-refractivity contribution < 1.29 is 13.9 Å². The lowest BCUT2D eigenvalue weighted by Gasteiger charge is -2.04. The molecule has 0 radical (unpaired) electrons. The highest BCUT2D eigenvalue weighted by atomic mass is 19.1. The van der Waals surface area contributed by atoms with Crippen molar-refractivity contribution in [2.45, 2.75) is 13.5 Å². The fourth-order valence-corrected chi connectivity index (χ4v) is 1.62. The lowest BCUT2D eigenvalue weighted by atomic mass is 10.1. The molecule has 0 fully saturated rings.